The van der Waals surface area contributed by atoms with Crippen molar-refractivity contribution in [2.45, 2.75) is 26.4 Å². The predicted molar refractivity (Wildman–Crippen MR) is 100 cm³/mol. The SMILES string of the molecule is Cc1nc(COc2ccc(Cl)cc2)sc1C(=O)N1CCCC(C(N)=O)C1. The fraction of sp³-hybridized carbons (Fsp3) is 0.389. The van der Waals surface area contributed by atoms with Crippen molar-refractivity contribution in [3.05, 3.63) is 44.9 Å². The normalized spacial score (nSPS) is 17.2. The van der Waals surface area contributed by atoms with Gasteiger partial charge in [0.1, 0.15) is 22.2 Å². The van der Waals surface area contributed by atoms with Crippen LogP contribution in [-0.2, 0) is 11.4 Å². The quantitative estimate of drug-likeness (QED) is 0.845. The zero-order valence-corrected chi connectivity index (χ0v) is 16.0. The van der Waals surface area contributed by atoms with E-state index in [1.54, 1.807) is 29.2 Å². The van der Waals surface area contributed by atoms with E-state index in [4.69, 9.17) is 22.1 Å². The maximum Gasteiger partial charge on any atom is 0.265 e. The highest BCUT2D eigenvalue weighted by atomic mass is 35.5. The van der Waals surface area contributed by atoms with Gasteiger partial charge in [-0.1, -0.05) is 11.6 Å². The molecule has 138 valence electrons. The van der Waals surface area contributed by atoms with Crippen LogP contribution in [0.3, 0.4) is 0 Å². The van der Waals surface area contributed by atoms with Crippen molar-refractivity contribution in [1.29, 1.82) is 0 Å². The van der Waals surface area contributed by atoms with Gasteiger partial charge in [0.05, 0.1) is 11.6 Å². The zero-order chi connectivity index (χ0) is 18.7. The number of nitrogens with zero attached hydrogens (tertiary/aromatic N) is 2. The Hall–Kier alpha value is -2.12. The first-order chi connectivity index (χ1) is 12.4. The molecule has 1 aliphatic heterocycles. The van der Waals surface area contributed by atoms with Crippen LogP contribution in [-0.4, -0.2) is 34.8 Å². The van der Waals surface area contributed by atoms with E-state index in [1.807, 2.05) is 6.92 Å². The van der Waals surface area contributed by atoms with Crippen molar-refractivity contribution < 1.29 is 14.3 Å². The van der Waals surface area contributed by atoms with Gasteiger partial charge in [-0.3, -0.25) is 9.59 Å². The Labute approximate surface area is 160 Å². The molecule has 1 saturated heterocycles. The molecule has 1 fully saturated rings. The lowest BCUT2D eigenvalue weighted by atomic mass is 9.97. The fourth-order valence-electron chi connectivity index (χ4n) is 2.93. The first-order valence-electron chi connectivity index (χ1n) is 8.37. The Kier molecular flexibility index (Phi) is 5.78. The average molecular weight is 394 g/mol. The Morgan fingerprint density at radius 1 is 1.38 bits per heavy atom. The second-order valence-electron chi connectivity index (χ2n) is 6.26. The summed E-state index contributed by atoms with van der Waals surface area (Å²) in [6.07, 6.45) is 1.52. The summed E-state index contributed by atoms with van der Waals surface area (Å²) < 4.78 is 5.69. The maximum absolute atomic E-state index is 12.8. The molecule has 2 N–H and O–H groups in total. The van der Waals surface area contributed by atoms with Crippen LogP contribution >= 0.6 is 22.9 Å². The maximum atomic E-state index is 12.8. The molecule has 3 rings (SSSR count). The molecule has 0 bridgehead atoms. The number of halogens is 1. The summed E-state index contributed by atoms with van der Waals surface area (Å²) >= 11 is 7.18. The number of carbonyl (C=O) groups is 2. The zero-order valence-electron chi connectivity index (χ0n) is 14.4. The molecule has 2 heterocycles. The molecule has 1 atom stereocenters. The first kappa shape index (κ1) is 18.7. The highest BCUT2D eigenvalue weighted by molar-refractivity contribution is 7.13. The third-order valence-corrected chi connectivity index (χ3v) is 5.69. The minimum absolute atomic E-state index is 0.0938. The summed E-state index contributed by atoms with van der Waals surface area (Å²) in [7, 11) is 0. The number of amides is 2. The van der Waals surface area contributed by atoms with E-state index < -0.39 is 0 Å². The van der Waals surface area contributed by atoms with Gasteiger partial charge in [-0.05, 0) is 44.0 Å². The lowest BCUT2D eigenvalue weighted by molar-refractivity contribution is -0.123. The van der Waals surface area contributed by atoms with Gasteiger partial charge >= 0.3 is 0 Å². The summed E-state index contributed by atoms with van der Waals surface area (Å²) in [5.74, 6) is -0.0200. The van der Waals surface area contributed by atoms with E-state index >= 15 is 0 Å². The molecule has 26 heavy (non-hydrogen) atoms. The van der Waals surface area contributed by atoms with Gasteiger partial charge in [0.2, 0.25) is 5.91 Å². The number of aryl methyl sites for hydroxylation is 1. The molecule has 1 aromatic heterocycles. The number of piperidine rings is 1. The molecule has 1 aromatic carbocycles. The number of aromatic nitrogens is 1. The van der Waals surface area contributed by atoms with Crippen LogP contribution in [0.5, 0.6) is 5.75 Å². The minimum Gasteiger partial charge on any atom is -0.486 e. The van der Waals surface area contributed by atoms with Crippen molar-refractivity contribution >= 4 is 34.8 Å². The van der Waals surface area contributed by atoms with Crippen LogP contribution in [0.1, 0.15) is 33.2 Å². The molecule has 1 unspecified atom stereocenters. The number of hydrogen-bond donors (Lipinski definition) is 1. The second-order valence-corrected chi connectivity index (χ2v) is 7.78. The van der Waals surface area contributed by atoms with Crippen LogP contribution in [0.15, 0.2) is 24.3 Å². The Bertz CT molecular complexity index is 807. The average Bonchev–Trinajstić information content (AvgIpc) is 3.01. The number of hydrogen-bond acceptors (Lipinski definition) is 5. The molecule has 0 saturated carbocycles. The van der Waals surface area contributed by atoms with Gasteiger partial charge in [0, 0.05) is 18.1 Å². The van der Waals surface area contributed by atoms with Gasteiger partial charge in [-0.15, -0.1) is 11.3 Å². The van der Waals surface area contributed by atoms with Crippen LogP contribution < -0.4 is 10.5 Å². The molecule has 2 aromatic rings. The van der Waals surface area contributed by atoms with E-state index in [0.29, 0.717) is 34.4 Å². The van der Waals surface area contributed by atoms with Crippen molar-refractivity contribution in [1.82, 2.24) is 9.88 Å². The summed E-state index contributed by atoms with van der Waals surface area (Å²) in [5, 5.41) is 1.37. The number of benzene rings is 1. The van der Waals surface area contributed by atoms with E-state index in [0.717, 1.165) is 17.8 Å². The van der Waals surface area contributed by atoms with Crippen LogP contribution in [0.25, 0.3) is 0 Å². The molecule has 0 spiro atoms. The van der Waals surface area contributed by atoms with Crippen molar-refractivity contribution in [3.63, 3.8) is 0 Å². The van der Waals surface area contributed by atoms with Crippen LogP contribution in [0.2, 0.25) is 5.02 Å². The standard InChI is InChI=1S/C18H20ClN3O3S/c1-11-16(18(24)22-8-2-3-12(9-22)17(20)23)26-15(21-11)10-25-14-6-4-13(19)5-7-14/h4-7,12H,2-3,8-10H2,1H3,(H2,20,23). The molecule has 8 heteroatoms. The predicted octanol–water partition coefficient (Wildman–Crippen LogP) is 3.02. The minimum atomic E-state index is -0.347. The van der Waals surface area contributed by atoms with Crippen molar-refractivity contribution in [2.75, 3.05) is 13.1 Å². The lowest BCUT2D eigenvalue weighted by Gasteiger charge is -2.30. The number of primary amides is 1. The third-order valence-electron chi connectivity index (χ3n) is 4.32. The first-order valence-corrected chi connectivity index (χ1v) is 9.56. The summed E-state index contributed by atoms with van der Waals surface area (Å²) in [6.45, 7) is 3.11. The number of ether oxygens (including phenoxy) is 1. The lowest BCUT2D eigenvalue weighted by Crippen LogP contribution is -2.44. The summed E-state index contributed by atoms with van der Waals surface area (Å²) in [5.41, 5.74) is 6.07. The molecule has 0 aliphatic carbocycles. The molecule has 0 radical (unpaired) electrons. The third kappa shape index (κ3) is 4.34. The topological polar surface area (TPSA) is 85.5 Å². The Morgan fingerprint density at radius 3 is 2.81 bits per heavy atom. The van der Waals surface area contributed by atoms with Gasteiger partial charge in [0.15, 0.2) is 0 Å². The Balaban J connectivity index is 1.66. The summed E-state index contributed by atoms with van der Waals surface area (Å²) in [6, 6.07) is 7.08. The van der Waals surface area contributed by atoms with Crippen LogP contribution in [0, 0.1) is 12.8 Å². The number of rotatable bonds is 5. The second kappa shape index (κ2) is 8.05. The number of thiazole rings is 1. The number of carbonyl (C=O) groups excluding carboxylic acids is 2. The van der Waals surface area contributed by atoms with E-state index in [2.05, 4.69) is 4.98 Å². The largest absolute Gasteiger partial charge is 0.486 e. The number of nitrogens with two attached hydrogens (primary N) is 1. The van der Waals surface area contributed by atoms with Gasteiger partial charge in [0.25, 0.3) is 5.91 Å². The highest BCUT2D eigenvalue weighted by Crippen LogP contribution is 2.25. The number of likely N-dealkylation sites (tertiary alicyclic amines) is 1. The van der Waals surface area contributed by atoms with Crippen molar-refractivity contribution in [3.8, 4) is 5.75 Å². The van der Waals surface area contributed by atoms with Crippen molar-refractivity contribution in [2.24, 2.45) is 11.7 Å². The Morgan fingerprint density at radius 2 is 2.12 bits per heavy atom. The molecule has 6 nitrogen and oxygen atoms in total. The molecule has 2 amide bonds. The van der Waals surface area contributed by atoms with E-state index in [9.17, 15) is 9.59 Å². The molecular weight excluding hydrogens is 374 g/mol. The molecular formula is C18H20ClN3O3S. The molecule has 1 aliphatic rings. The fourth-order valence-corrected chi connectivity index (χ4v) is 4.00. The van der Waals surface area contributed by atoms with Gasteiger partial charge in [-0.2, -0.15) is 0 Å². The van der Waals surface area contributed by atoms with Crippen LogP contribution in [0.4, 0.5) is 0 Å². The van der Waals surface area contributed by atoms with E-state index in [1.165, 1.54) is 11.3 Å². The monoisotopic (exact) mass is 393 g/mol. The summed E-state index contributed by atoms with van der Waals surface area (Å²) in [4.78, 5) is 31.0. The van der Waals surface area contributed by atoms with Gasteiger partial charge < -0.3 is 15.4 Å². The smallest absolute Gasteiger partial charge is 0.265 e. The van der Waals surface area contributed by atoms with Gasteiger partial charge in [-0.25, -0.2) is 4.98 Å². The van der Waals surface area contributed by atoms with E-state index in [-0.39, 0.29) is 24.3 Å². The highest BCUT2D eigenvalue weighted by Gasteiger charge is 2.29.